The molecule has 2 rings (SSSR count). The van der Waals surface area contributed by atoms with Crippen molar-refractivity contribution in [3.8, 4) is 0 Å². The maximum absolute atomic E-state index is 12.1. The molecular weight excluding hydrogens is 264 g/mol. The van der Waals surface area contributed by atoms with Gasteiger partial charge in [0.2, 0.25) is 0 Å². The molecule has 0 aliphatic rings. The summed E-state index contributed by atoms with van der Waals surface area (Å²) in [5.41, 5.74) is 5.49. The highest BCUT2D eigenvalue weighted by Crippen LogP contribution is 2.13. The van der Waals surface area contributed by atoms with Gasteiger partial charge in [-0.25, -0.2) is 0 Å². The molecule has 5 heteroatoms. The van der Waals surface area contributed by atoms with Crippen molar-refractivity contribution in [3.05, 3.63) is 53.9 Å². The third-order valence-corrected chi connectivity index (χ3v) is 3.19. The fraction of sp³-hybridized carbons (Fsp3) is 0.250. The molecule has 2 aromatic rings. The predicted octanol–water partition coefficient (Wildman–Crippen LogP) is 2.96. The van der Waals surface area contributed by atoms with Crippen molar-refractivity contribution in [2.75, 3.05) is 10.7 Å². The Bertz CT molecular complexity index is 595. The summed E-state index contributed by atoms with van der Waals surface area (Å²) in [6, 6.07) is 11.2. The summed E-state index contributed by atoms with van der Waals surface area (Å²) in [5, 5.41) is 2.82. The highest BCUT2D eigenvalue weighted by Gasteiger charge is 2.08. The fourth-order valence-electron chi connectivity index (χ4n) is 1.98. The van der Waals surface area contributed by atoms with Gasteiger partial charge in [-0.3, -0.25) is 15.6 Å². The summed E-state index contributed by atoms with van der Waals surface area (Å²) in [6.07, 6.45) is 4.96. The summed E-state index contributed by atoms with van der Waals surface area (Å²) in [7, 11) is 0. The Morgan fingerprint density at radius 2 is 1.95 bits per heavy atom. The maximum atomic E-state index is 12.1. The topological polar surface area (TPSA) is 80.0 Å². The first-order valence-corrected chi connectivity index (χ1v) is 7.06. The van der Waals surface area contributed by atoms with E-state index in [0.717, 1.165) is 12.1 Å². The van der Waals surface area contributed by atoms with Crippen molar-refractivity contribution in [2.24, 2.45) is 5.84 Å². The minimum Gasteiger partial charge on any atom is -0.324 e. The number of nitrogens with zero attached hydrogens (tertiary/aromatic N) is 1. The molecule has 0 aliphatic carbocycles. The number of hydrazine groups is 1. The van der Waals surface area contributed by atoms with Crippen LogP contribution in [0.4, 0.5) is 11.4 Å². The van der Waals surface area contributed by atoms with Crippen molar-refractivity contribution in [1.82, 2.24) is 4.98 Å². The number of aromatic nitrogens is 1. The molecular formula is C16H20N4O. The van der Waals surface area contributed by atoms with E-state index < -0.39 is 0 Å². The molecule has 4 N–H and O–H groups in total. The number of rotatable bonds is 6. The zero-order valence-corrected chi connectivity index (χ0v) is 12.1. The minimum atomic E-state index is -0.256. The number of carbonyl (C=O) groups excluding carboxylic acids is 1. The molecule has 0 spiro atoms. The van der Waals surface area contributed by atoms with Crippen LogP contribution in [-0.2, 0) is 6.42 Å². The van der Waals surface area contributed by atoms with Crippen LogP contribution in [0.3, 0.4) is 0 Å². The Morgan fingerprint density at radius 1 is 1.19 bits per heavy atom. The number of nitrogen functional groups attached to an aromatic ring is 1. The number of aryl methyl sites for hydroxylation is 1. The molecule has 1 heterocycles. The number of unbranched alkanes of at least 4 members (excludes halogenated alkanes) is 1. The van der Waals surface area contributed by atoms with Crippen LogP contribution in [0.1, 0.15) is 35.8 Å². The second kappa shape index (κ2) is 7.40. The predicted molar refractivity (Wildman–Crippen MR) is 85.1 cm³/mol. The zero-order chi connectivity index (χ0) is 15.1. The van der Waals surface area contributed by atoms with Crippen LogP contribution in [0.15, 0.2) is 42.6 Å². The second-order valence-electron chi connectivity index (χ2n) is 4.83. The van der Waals surface area contributed by atoms with Gasteiger partial charge in [0, 0.05) is 11.9 Å². The molecule has 0 radical (unpaired) electrons. The third kappa shape index (κ3) is 4.29. The largest absolute Gasteiger partial charge is 0.324 e. The van der Waals surface area contributed by atoms with Crippen LogP contribution in [0.5, 0.6) is 0 Å². The van der Waals surface area contributed by atoms with Crippen LogP contribution < -0.4 is 16.6 Å². The van der Waals surface area contributed by atoms with Crippen molar-refractivity contribution in [2.45, 2.75) is 26.2 Å². The SMILES string of the molecule is CCCCc1ccc(NC(=O)c2cc(NN)ccn2)cc1. The Labute approximate surface area is 124 Å². The first-order valence-electron chi connectivity index (χ1n) is 7.06. The lowest BCUT2D eigenvalue weighted by atomic mass is 10.1. The number of anilines is 2. The number of pyridine rings is 1. The van der Waals surface area contributed by atoms with Gasteiger partial charge in [-0.2, -0.15) is 0 Å². The molecule has 0 unspecified atom stereocenters. The van der Waals surface area contributed by atoms with Crippen LogP contribution >= 0.6 is 0 Å². The van der Waals surface area contributed by atoms with E-state index in [9.17, 15) is 4.79 Å². The number of amides is 1. The molecule has 0 bridgehead atoms. The molecule has 5 nitrogen and oxygen atoms in total. The van der Waals surface area contributed by atoms with Gasteiger partial charge < -0.3 is 10.7 Å². The van der Waals surface area contributed by atoms with Gasteiger partial charge in [0.1, 0.15) is 5.69 Å². The van der Waals surface area contributed by atoms with E-state index in [1.54, 1.807) is 12.1 Å². The van der Waals surface area contributed by atoms with Crippen molar-refractivity contribution in [3.63, 3.8) is 0 Å². The third-order valence-electron chi connectivity index (χ3n) is 3.19. The van der Waals surface area contributed by atoms with Gasteiger partial charge in [0.15, 0.2) is 0 Å². The van der Waals surface area contributed by atoms with Crippen molar-refractivity contribution >= 4 is 17.3 Å². The summed E-state index contributed by atoms with van der Waals surface area (Å²) in [6.45, 7) is 2.17. The first kappa shape index (κ1) is 15.0. The number of hydrogen-bond donors (Lipinski definition) is 3. The normalized spacial score (nSPS) is 10.2. The summed E-state index contributed by atoms with van der Waals surface area (Å²) in [4.78, 5) is 16.1. The van der Waals surface area contributed by atoms with Crippen molar-refractivity contribution in [1.29, 1.82) is 0 Å². The average Bonchev–Trinajstić information content (AvgIpc) is 2.54. The van der Waals surface area contributed by atoms with Gasteiger partial charge in [-0.1, -0.05) is 25.5 Å². The van der Waals surface area contributed by atoms with Crippen LogP contribution in [-0.4, -0.2) is 10.9 Å². The highest BCUT2D eigenvalue weighted by molar-refractivity contribution is 6.03. The summed E-state index contributed by atoms with van der Waals surface area (Å²) in [5.74, 6) is 5.06. The van der Waals surface area contributed by atoms with Crippen LogP contribution in [0.25, 0.3) is 0 Å². The first-order chi connectivity index (χ1) is 10.2. The molecule has 1 aromatic heterocycles. The molecule has 0 saturated heterocycles. The molecule has 0 saturated carbocycles. The van der Waals surface area contributed by atoms with Crippen molar-refractivity contribution < 1.29 is 4.79 Å². The van der Waals surface area contributed by atoms with E-state index >= 15 is 0 Å². The van der Waals surface area contributed by atoms with Crippen LogP contribution in [0.2, 0.25) is 0 Å². The molecule has 1 amide bonds. The fourth-order valence-corrected chi connectivity index (χ4v) is 1.98. The zero-order valence-electron chi connectivity index (χ0n) is 12.1. The standard InChI is InChI=1S/C16H20N4O/c1-2-3-4-12-5-7-13(8-6-12)19-16(21)15-11-14(20-17)9-10-18-15/h5-11H,2-4,17H2,1H3,(H,18,20)(H,19,21). The van der Waals surface area contributed by atoms with E-state index in [0.29, 0.717) is 11.4 Å². The van der Waals surface area contributed by atoms with Gasteiger partial charge in [0.05, 0.1) is 5.69 Å². The second-order valence-corrected chi connectivity index (χ2v) is 4.83. The van der Waals surface area contributed by atoms with Gasteiger partial charge >= 0.3 is 0 Å². The van der Waals surface area contributed by atoms with Gasteiger partial charge in [-0.05, 0) is 42.7 Å². The summed E-state index contributed by atoms with van der Waals surface area (Å²) < 4.78 is 0. The molecule has 110 valence electrons. The Balaban J connectivity index is 2.01. The van der Waals surface area contributed by atoms with Gasteiger partial charge in [0.25, 0.3) is 5.91 Å². The minimum absolute atomic E-state index is 0.256. The molecule has 21 heavy (non-hydrogen) atoms. The number of nitrogens with one attached hydrogen (secondary N) is 2. The summed E-state index contributed by atoms with van der Waals surface area (Å²) >= 11 is 0. The van der Waals surface area contributed by atoms with E-state index in [1.807, 2.05) is 24.3 Å². The van der Waals surface area contributed by atoms with E-state index in [-0.39, 0.29) is 5.91 Å². The maximum Gasteiger partial charge on any atom is 0.274 e. The van der Waals surface area contributed by atoms with Gasteiger partial charge in [-0.15, -0.1) is 0 Å². The molecule has 1 aromatic carbocycles. The molecule has 0 aliphatic heterocycles. The monoisotopic (exact) mass is 284 g/mol. The average molecular weight is 284 g/mol. The Kier molecular flexibility index (Phi) is 5.29. The van der Waals surface area contributed by atoms with E-state index in [4.69, 9.17) is 5.84 Å². The highest BCUT2D eigenvalue weighted by atomic mass is 16.1. The number of hydrogen-bond acceptors (Lipinski definition) is 4. The number of nitrogens with two attached hydrogens (primary N) is 1. The Hall–Kier alpha value is -2.40. The quantitative estimate of drug-likeness (QED) is 0.563. The molecule has 0 fully saturated rings. The van der Waals surface area contributed by atoms with E-state index in [1.165, 1.54) is 24.6 Å². The smallest absolute Gasteiger partial charge is 0.274 e. The lowest BCUT2D eigenvalue weighted by Crippen LogP contribution is -2.15. The Morgan fingerprint density at radius 3 is 2.62 bits per heavy atom. The number of benzene rings is 1. The van der Waals surface area contributed by atoms with E-state index in [2.05, 4.69) is 22.7 Å². The van der Waals surface area contributed by atoms with Crippen LogP contribution in [0, 0.1) is 0 Å². The lowest BCUT2D eigenvalue weighted by molar-refractivity contribution is 0.102. The number of carbonyl (C=O) groups is 1. The lowest BCUT2D eigenvalue weighted by Gasteiger charge is -2.07. The molecule has 0 atom stereocenters.